The third-order valence-electron chi connectivity index (χ3n) is 1.39. The van der Waals surface area contributed by atoms with E-state index in [1.807, 2.05) is 0 Å². The Labute approximate surface area is 80.7 Å². The van der Waals surface area contributed by atoms with Gasteiger partial charge in [-0.3, -0.25) is 5.32 Å². The van der Waals surface area contributed by atoms with Gasteiger partial charge in [0.2, 0.25) is 5.13 Å². The second kappa shape index (κ2) is 4.76. The molecule has 13 heavy (non-hydrogen) atoms. The Balaban J connectivity index is 2.53. The quantitative estimate of drug-likeness (QED) is 0.771. The highest BCUT2D eigenvalue weighted by Gasteiger charge is 2.04. The van der Waals surface area contributed by atoms with Gasteiger partial charge in [0, 0.05) is 25.0 Å². The molecule has 0 unspecified atom stereocenters. The van der Waals surface area contributed by atoms with Gasteiger partial charge in [0.05, 0.1) is 0 Å². The molecule has 1 heterocycles. The molecule has 0 aliphatic carbocycles. The molecule has 0 aliphatic heterocycles. The summed E-state index contributed by atoms with van der Waals surface area (Å²) in [6, 6.07) is -0.265. The van der Waals surface area contributed by atoms with Gasteiger partial charge in [-0.15, -0.1) is 0 Å². The van der Waals surface area contributed by atoms with Gasteiger partial charge in [-0.2, -0.15) is 4.37 Å². The van der Waals surface area contributed by atoms with Crippen LogP contribution in [0.3, 0.4) is 0 Å². The van der Waals surface area contributed by atoms with Gasteiger partial charge in [0.1, 0.15) is 5.82 Å². The monoisotopic (exact) mass is 200 g/mol. The van der Waals surface area contributed by atoms with Crippen LogP contribution in [0.25, 0.3) is 0 Å². The summed E-state index contributed by atoms with van der Waals surface area (Å²) in [5.41, 5.74) is 0. The molecule has 0 bridgehead atoms. The van der Waals surface area contributed by atoms with Crippen LogP contribution in [0.15, 0.2) is 0 Å². The summed E-state index contributed by atoms with van der Waals surface area (Å²) in [6.45, 7) is 2.06. The summed E-state index contributed by atoms with van der Waals surface area (Å²) in [5, 5.41) is 5.55. The van der Waals surface area contributed by atoms with Crippen molar-refractivity contribution in [3.63, 3.8) is 0 Å². The van der Waals surface area contributed by atoms with Gasteiger partial charge in [-0.05, 0) is 6.42 Å². The van der Waals surface area contributed by atoms with Crippen molar-refractivity contribution in [2.75, 3.05) is 12.4 Å². The Kier molecular flexibility index (Phi) is 3.63. The fourth-order valence-electron chi connectivity index (χ4n) is 0.790. The van der Waals surface area contributed by atoms with E-state index < -0.39 is 0 Å². The first-order chi connectivity index (χ1) is 6.26. The number of carbonyl (C=O) groups is 1. The van der Waals surface area contributed by atoms with Crippen LogP contribution in [0.1, 0.15) is 19.2 Å². The molecule has 1 aromatic heterocycles. The predicted octanol–water partition coefficient (Wildman–Crippen LogP) is 1.24. The number of nitrogens with zero attached hydrogens (tertiary/aromatic N) is 2. The smallest absolute Gasteiger partial charge is 0.320 e. The maximum atomic E-state index is 10.9. The van der Waals surface area contributed by atoms with Crippen molar-refractivity contribution in [1.29, 1.82) is 0 Å². The molecule has 0 saturated carbocycles. The number of carbonyl (C=O) groups excluding carboxylic acids is 1. The number of nitrogens with one attached hydrogen (secondary N) is 2. The minimum atomic E-state index is -0.265. The van der Waals surface area contributed by atoms with Crippen molar-refractivity contribution in [3.05, 3.63) is 5.82 Å². The van der Waals surface area contributed by atoms with E-state index in [9.17, 15) is 4.79 Å². The summed E-state index contributed by atoms with van der Waals surface area (Å²) in [7, 11) is 1.56. The SMILES string of the molecule is CCCc1nsc(NC(=O)NC)n1. The first-order valence-electron chi connectivity index (χ1n) is 4.07. The van der Waals surface area contributed by atoms with Gasteiger partial charge in [0.15, 0.2) is 0 Å². The summed E-state index contributed by atoms with van der Waals surface area (Å²) < 4.78 is 4.08. The van der Waals surface area contributed by atoms with E-state index in [1.165, 1.54) is 11.5 Å². The highest BCUT2D eigenvalue weighted by atomic mass is 32.1. The Morgan fingerprint density at radius 2 is 2.38 bits per heavy atom. The van der Waals surface area contributed by atoms with Crippen molar-refractivity contribution >= 4 is 22.7 Å². The normalized spacial score (nSPS) is 9.69. The molecule has 0 spiro atoms. The lowest BCUT2D eigenvalue weighted by Crippen LogP contribution is -2.24. The zero-order valence-electron chi connectivity index (χ0n) is 7.63. The highest BCUT2D eigenvalue weighted by molar-refractivity contribution is 7.09. The summed E-state index contributed by atoms with van der Waals surface area (Å²) in [5.74, 6) is 0.791. The number of aryl methyl sites for hydroxylation is 1. The minimum Gasteiger partial charge on any atom is -0.341 e. The van der Waals surface area contributed by atoms with E-state index in [1.54, 1.807) is 7.05 Å². The van der Waals surface area contributed by atoms with Crippen molar-refractivity contribution in [1.82, 2.24) is 14.7 Å². The zero-order chi connectivity index (χ0) is 9.68. The fraction of sp³-hybridized carbons (Fsp3) is 0.571. The number of aromatic nitrogens is 2. The Morgan fingerprint density at radius 1 is 1.62 bits per heavy atom. The fourth-order valence-corrected chi connectivity index (χ4v) is 1.40. The molecular weight excluding hydrogens is 188 g/mol. The molecule has 1 aromatic rings. The minimum absolute atomic E-state index is 0.265. The molecule has 6 heteroatoms. The van der Waals surface area contributed by atoms with Crippen LogP contribution in [-0.2, 0) is 6.42 Å². The molecule has 0 aliphatic rings. The predicted molar refractivity (Wildman–Crippen MR) is 52.0 cm³/mol. The molecule has 0 aromatic carbocycles. The second-order valence-corrected chi connectivity index (χ2v) is 3.22. The van der Waals surface area contributed by atoms with E-state index >= 15 is 0 Å². The molecular formula is C7H12N4OS. The lowest BCUT2D eigenvalue weighted by molar-refractivity contribution is 0.254. The average molecular weight is 200 g/mol. The summed E-state index contributed by atoms with van der Waals surface area (Å²) in [6.07, 6.45) is 1.86. The molecule has 0 saturated heterocycles. The third kappa shape index (κ3) is 2.98. The molecule has 72 valence electrons. The van der Waals surface area contributed by atoms with Crippen LogP contribution >= 0.6 is 11.5 Å². The van der Waals surface area contributed by atoms with Crippen LogP contribution in [0.4, 0.5) is 9.93 Å². The van der Waals surface area contributed by atoms with Crippen molar-refractivity contribution in [3.8, 4) is 0 Å². The van der Waals surface area contributed by atoms with E-state index in [0.717, 1.165) is 18.7 Å². The van der Waals surface area contributed by atoms with Crippen molar-refractivity contribution in [2.45, 2.75) is 19.8 Å². The van der Waals surface area contributed by atoms with Crippen LogP contribution in [0.2, 0.25) is 0 Å². The van der Waals surface area contributed by atoms with Gasteiger partial charge in [0.25, 0.3) is 0 Å². The van der Waals surface area contributed by atoms with Crippen LogP contribution in [0.5, 0.6) is 0 Å². The molecule has 2 N–H and O–H groups in total. The van der Waals surface area contributed by atoms with E-state index in [4.69, 9.17) is 0 Å². The molecule has 0 radical (unpaired) electrons. The maximum absolute atomic E-state index is 10.9. The zero-order valence-corrected chi connectivity index (χ0v) is 8.44. The largest absolute Gasteiger partial charge is 0.341 e. The van der Waals surface area contributed by atoms with E-state index in [0.29, 0.717) is 5.13 Å². The average Bonchev–Trinajstić information content (AvgIpc) is 2.53. The summed E-state index contributed by atoms with van der Waals surface area (Å²) >= 11 is 1.20. The molecule has 2 amide bonds. The van der Waals surface area contributed by atoms with Crippen LogP contribution in [-0.4, -0.2) is 22.4 Å². The number of hydrogen-bond donors (Lipinski definition) is 2. The van der Waals surface area contributed by atoms with Gasteiger partial charge in [-0.25, -0.2) is 9.78 Å². The van der Waals surface area contributed by atoms with E-state index in [2.05, 4.69) is 26.9 Å². The lowest BCUT2D eigenvalue weighted by atomic mass is 10.3. The Bertz CT molecular complexity index is 286. The van der Waals surface area contributed by atoms with Gasteiger partial charge >= 0.3 is 6.03 Å². The molecule has 5 nitrogen and oxygen atoms in total. The number of hydrogen-bond acceptors (Lipinski definition) is 4. The van der Waals surface area contributed by atoms with Crippen molar-refractivity contribution < 1.29 is 4.79 Å². The molecule has 0 atom stereocenters. The lowest BCUT2D eigenvalue weighted by Gasteiger charge is -1.96. The number of rotatable bonds is 3. The topological polar surface area (TPSA) is 66.9 Å². The van der Waals surface area contributed by atoms with Crippen LogP contribution < -0.4 is 10.6 Å². The number of amides is 2. The maximum Gasteiger partial charge on any atom is 0.320 e. The summed E-state index contributed by atoms with van der Waals surface area (Å²) in [4.78, 5) is 15.0. The Hall–Kier alpha value is -1.17. The highest BCUT2D eigenvalue weighted by Crippen LogP contribution is 2.11. The number of urea groups is 1. The first-order valence-corrected chi connectivity index (χ1v) is 4.85. The van der Waals surface area contributed by atoms with E-state index in [-0.39, 0.29) is 6.03 Å². The van der Waals surface area contributed by atoms with Crippen molar-refractivity contribution in [2.24, 2.45) is 0 Å². The van der Waals surface area contributed by atoms with Gasteiger partial charge < -0.3 is 5.32 Å². The van der Waals surface area contributed by atoms with Gasteiger partial charge in [-0.1, -0.05) is 6.92 Å². The standard InChI is InChI=1S/C7H12N4OS/c1-3-4-5-9-7(13-11-5)10-6(12)8-2/h3-4H2,1-2H3,(H2,8,9,10,11,12). The number of anilines is 1. The second-order valence-electron chi connectivity index (χ2n) is 2.47. The Morgan fingerprint density at radius 3 is 3.00 bits per heavy atom. The first kappa shape index (κ1) is 9.91. The third-order valence-corrected chi connectivity index (χ3v) is 2.06. The van der Waals surface area contributed by atoms with Crippen LogP contribution in [0, 0.1) is 0 Å². The molecule has 0 fully saturated rings. The molecule has 1 rings (SSSR count).